The minimum atomic E-state index is -5.27. The van der Waals surface area contributed by atoms with Crippen molar-refractivity contribution in [3.05, 3.63) is 76.2 Å². The molecule has 9 nitrogen and oxygen atoms in total. The van der Waals surface area contributed by atoms with Crippen LogP contribution in [0.2, 0.25) is 0 Å². The van der Waals surface area contributed by atoms with Crippen LogP contribution >= 0.6 is 0 Å². The number of hydrogen-bond donors (Lipinski definition) is 4. The second-order valence-electron chi connectivity index (χ2n) is 9.93. The van der Waals surface area contributed by atoms with Crippen LogP contribution in [0.3, 0.4) is 0 Å². The fourth-order valence-electron chi connectivity index (χ4n) is 4.52. The summed E-state index contributed by atoms with van der Waals surface area (Å²) in [5, 5.41) is 9.62. The van der Waals surface area contributed by atoms with Gasteiger partial charge in [-0.05, 0) is 61.9 Å². The summed E-state index contributed by atoms with van der Waals surface area (Å²) in [5.41, 5.74) is 6.36. The van der Waals surface area contributed by atoms with Gasteiger partial charge in [0.15, 0.2) is 5.41 Å². The molecular weight excluding hydrogens is 546 g/mol. The third-order valence-corrected chi connectivity index (χ3v) is 7.26. The Morgan fingerprint density at radius 2 is 1.85 bits per heavy atom. The Morgan fingerprint density at radius 3 is 2.41 bits per heavy atom. The van der Waals surface area contributed by atoms with Crippen molar-refractivity contribution in [1.82, 2.24) is 10.3 Å². The zero-order chi connectivity index (χ0) is 30.3. The molecule has 2 amide bonds. The van der Waals surface area contributed by atoms with E-state index in [0.29, 0.717) is 5.56 Å². The molecule has 1 aliphatic heterocycles. The molecule has 0 spiro atoms. The summed E-state index contributed by atoms with van der Waals surface area (Å²) in [5.74, 6) is -2.51. The Morgan fingerprint density at radius 1 is 1.20 bits per heavy atom. The molecule has 6 N–H and O–H groups in total. The van der Waals surface area contributed by atoms with Crippen LogP contribution in [0.25, 0.3) is 11.3 Å². The van der Waals surface area contributed by atoms with Crippen molar-refractivity contribution in [2.75, 3.05) is 18.9 Å². The van der Waals surface area contributed by atoms with Crippen LogP contribution in [0.15, 0.2) is 42.5 Å². The molecule has 214 valence electrons. The van der Waals surface area contributed by atoms with Gasteiger partial charge in [0.2, 0.25) is 5.91 Å². The number of carbonyl (C=O) groups is 3. The van der Waals surface area contributed by atoms with Gasteiger partial charge >= 0.3 is 6.18 Å². The normalized spacial score (nSPS) is 17.6. The zero-order valence-electron chi connectivity index (χ0n) is 21.9. The topological polar surface area (TPSA) is 161 Å². The van der Waals surface area contributed by atoms with Gasteiger partial charge in [-0.2, -0.15) is 13.2 Å². The molecule has 3 aromatic rings. The standard InChI is InChI=1S/C28H25F4N5O4/c1-14-7-16(8-17(10-33)21(14)34)24(39)36-11-27(12-38,28(30,31)32)20-9-19-23(41-13-26(19,2)25(35)40)22(37-20)15-3-5-18(29)6-4-15/h3-10,12,33H,11,13,34H2,1-2H3,(H2,35,40)(H,36,39)/t26-,27-/m0/s1. The molecule has 1 aromatic heterocycles. The number of hydrogen-bond acceptors (Lipinski definition) is 7. The highest BCUT2D eigenvalue weighted by Crippen LogP contribution is 2.48. The predicted octanol–water partition coefficient (Wildman–Crippen LogP) is 3.34. The molecule has 0 saturated carbocycles. The maximum absolute atomic E-state index is 14.8. The lowest BCUT2D eigenvalue weighted by Gasteiger charge is -2.31. The third kappa shape index (κ3) is 4.87. The number of nitrogens with zero attached hydrogens (tertiary/aromatic N) is 1. The lowest BCUT2D eigenvalue weighted by Crippen LogP contribution is -2.53. The summed E-state index contributed by atoms with van der Waals surface area (Å²) in [6, 6.07) is 8.13. The molecule has 1 aliphatic rings. The average Bonchev–Trinajstić information content (AvgIpc) is 3.27. The van der Waals surface area contributed by atoms with Crippen LogP contribution in [0.4, 0.5) is 23.2 Å². The van der Waals surface area contributed by atoms with Crippen molar-refractivity contribution in [1.29, 1.82) is 5.41 Å². The Bertz CT molecular complexity index is 1580. The summed E-state index contributed by atoms with van der Waals surface area (Å²) >= 11 is 0. The summed E-state index contributed by atoms with van der Waals surface area (Å²) in [7, 11) is 0. The largest absolute Gasteiger partial charge is 0.489 e. The number of rotatable bonds is 8. The van der Waals surface area contributed by atoms with E-state index < -0.39 is 46.9 Å². The molecule has 0 bridgehead atoms. The van der Waals surface area contributed by atoms with E-state index in [0.717, 1.165) is 24.4 Å². The smallest absolute Gasteiger partial charge is 0.408 e. The van der Waals surface area contributed by atoms with Crippen LogP contribution in [0.1, 0.15) is 39.7 Å². The number of halogens is 4. The number of ether oxygens (including phenoxy) is 1. The second kappa shape index (κ2) is 10.3. The first-order valence-corrected chi connectivity index (χ1v) is 12.1. The highest BCUT2D eigenvalue weighted by Gasteiger charge is 2.59. The number of aldehydes is 1. The number of nitrogen functional groups attached to an aromatic ring is 1. The second-order valence-corrected chi connectivity index (χ2v) is 9.93. The number of nitrogens with two attached hydrogens (primary N) is 2. The number of aromatic nitrogens is 1. The zero-order valence-corrected chi connectivity index (χ0v) is 21.9. The minimum absolute atomic E-state index is 0.0378. The van der Waals surface area contributed by atoms with Crippen LogP contribution in [0, 0.1) is 18.2 Å². The van der Waals surface area contributed by atoms with E-state index in [9.17, 15) is 31.9 Å². The van der Waals surface area contributed by atoms with Gasteiger partial charge in [-0.15, -0.1) is 0 Å². The van der Waals surface area contributed by atoms with Gasteiger partial charge in [0.25, 0.3) is 5.91 Å². The van der Waals surface area contributed by atoms with E-state index >= 15 is 0 Å². The summed E-state index contributed by atoms with van der Waals surface area (Å²) < 4.78 is 63.7. The van der Waals surface area contributed by atoms with Crippen LogP contribution in [0.5, 0.6) is 5.75 Å². The van der Waals surface area contributed by atoms with Crippen molar-refractivity contribution in [3.63, 3.8) is 0 Å². The van der Waals surface area contributed by atoms with Crippen LogP contribution in [-0.4, -0.2) is 48.6 Å². The number of anilines is 1. The Hall–Kier alpha value is -4.81. The molecule has 13 heteroatoms. The number of primary amides is 1. The summed E-state index contributed by atoms with van der Waals surface area (Å²) in [6.07, 6.45) is -4.75. The van der Waals surface area contributed by atoms with Crippen LogP contribution in [-0.2, 0) is 20.4 Å². The van der Waals surface area contributed by atoms with Crippen molar-refractivity contribution in [3.8, 4) is 17.0 Å². The molecular formula is C28H25F4N5O4. The number of alkyl halides is 3. The Labute approximate surface area is 231 Å². The van der Waals surface area contributed by atoms with Gasteiger partial charge < -0.3 is 31.7 Å². The quantitative estimate of drug-likeness (QED) is 0.140. The lowest BCUT2D eigenvalue weighted by atomic mass is 9.78. The van der Waals surface area contributed by atoms with Gasteiger partial charge in [0.1, 0.15) is 35.6 Å². The van der Waals surface area contributed by atoms with Gasteiger partial charge in [-0.25, -0.2) is 9.37 Å². The van der Waals surface area contributed by atoms with E-state index in [-0.39, 0.29) is 52.3 Å². The molecule has 0 unspecified atom stereocenters. The van der Waals surface area contributed by atoms with E-state index in [1.165, 1.54) is 31.2 Å². The predicted molar refractivity (Wildman–Crippen MR) is 141 cm³/mol. The maximum Gasteiger partial charge on any atom is 0.408 e. The van der Waals surface area contributed by atoms with Crippen molar-refractivity contribution in [2.24, 2.45) is 5.73 Å². The fourth-order valence-corrected chi connectivity index (χ4v) is 4.52. The number of benzene rings is 2. The minimum Gasteiger partial charge on any atom is -0.489 e. The maximum atomic E-state index is 14.8. The Balaban J connectivity index is 1.88. The monoisotopic (exact) mass is 571 g/mol. The SMILES string of the molecule is Cc1cc(C(=O)NC[C@](C=O)(c2cc3c(c(-c4ccc(F)cc4)n2)OC[C@]3(C)C(N)=O)C(F)(F)F)cc(C=N)c1N. The van der Waals surface area contributed by atoms with Crippen LogP contribution < -0.4 is 21.5 Å². The van der Waals surface area contributed by atoms with Gasteiger partial charge in [-0.1, -0.05) is 0 Å². The van der Waals surface area contributed by atoms with E-state index in [2.05, 4.69) is 10.3 Å². The van der Waals surface area contributed by atoms with Gasteiger partial charge in [0, 0.05) is 40.7 Å². The average molecular weight is 572 g/mol. The van der Waals surface area contributed by atoms with E-state index in [1.807, 2.05) is 0 Å². The molecule has 2 atom stereocenters. The van der Waals surface area contributed by atoms with Crippen molar-refractivity contribution in [2.45, 2.75) is 30.9 Å². The van der Waals surface area contributed by atoms with E-state index in [1.54, 1.807) is 6.92 Å². The Kier molecular flexibility index (Phi) is 7.33. The highest BCUT2D eigenvalue weighted by atomic mass is 19.4. The molecule has 0 saturated heterocycles. The highest BCUT2D eigenvalue weighted by molar-refractivity contribution is 5.98. The molecule has 0 radical (unpaired) electrons. The number of pyridine rings is 1. The molecule has 2 aromatic carbocycles. The third-order valence-electron chi connectivity index (χ3n) is 7.26. The first-order chi connectivity index (χ1) is 19.2. The number of amides is 2. The molecule has 41 heavy (non-hydrogen) atoms. The summed E-state index contributed by atoms with van der Waals surface area (Å²) in [6.45, 7) is 1.38. The van der Waals surface area contributed by atoms with Gasteiger partial charge in [-0.3, -0.25) is 9.59 Å². The molecule has 2 heterocycles. The molecule has 4 rings (SSSR count). The number of carbonyl (C=O) groups excluding carboxylic acids is 3. The van der Waals surface area contributed by atoms with Crippen molar-refractivity contribution >= 4 is 30.0 Å². The number of aryl methyl sites for hydroxylation is 1. The van der Waals surface area contributed by atoms with Crippen molar-refractivity contribution < 1.29 is 36.7 Å². The van der Waals surface area contributed by atoms with Gasteiger partial charge in [0.05, 0.1) is 5.69 Å². The fraction of sp³-hybridized carbons (Fsp3) is 0.250. The lowest BCUT2D eigenvalue weighted by molar-refractivity contribution is -0.186. The molecule has 0 fully saturated rings. The van der Waals surface area contributed by atoms with E-state index in [4.69, 9.17) is 21.6 Å². The molecule has 0 aliphatic carbocycles. The number of nitrogens with one attached hydrogen (secondary N) is 2. The first kappa shape index (κ1) is 29.2. The first-order valence-electron chi connectivity index (χ1n) is 12.1. The summed E-state index contributed by atoms with van der Waals surface area (Å²) in [4.78, 5) is 41.8. The number of fused-ring (bicyclic) bond motifs is 1.